The third-order valence-electron chi connectivity index (χ3n) is 5.67. The van der Waals surface area contributed by atoms with E-state index < -0.39 is 0 Å². The zero-order valence-corrected chi connectivity index (χ0v) is 16.0. The van der Waals surface area contributed by atoms with Gasteiger partial charge in [0, 0.05) is 18.7 Å². The Bertz CT molecular complexity index is 796. The minimum absolute atomic E-state index is 0.0341. The molecule has 4 rings (SSSR count). The predicted molar refractivity (Wildman–Crippen MR) is 108 cm³/mol. The van der Waals surface area contributed by atoms with Gasteiger partial charge in [0.25, 0.3) is 0 Å². The van der Waals surface area contributed by atoms with Crippen LogP contribution in [-0.2, 0) is 11.2 Å². The number of fused-ring (bicyclic) bond motifs is 1. The van der Waals surface area contributed by atoms with E-state index in [9.17, 15) is 4.79 Å². The first kappa shape index (κ1) is 18.1. The largest absolute Gasteiger partial charge is 0.484 e. The van der Waals surface area contributed by atoms with Crippen molar-refractivity contribution in [1.82, 2.24) is 4.90 Å². The summed E-state index contributed by atoms with van der Waals surface area (Å²) in [6.07, 6.45) is 6.30. The number of carbonyl (C=O) groups is 1. The van der Waals surface area contributed by atoms with Crippen molar-refractivity contribution in [3.8, 4) is 5.75 Å². The zero-order chi connectivity index (χ0) is 18.6. The Kier molecular flexibility index (Phi) is 5.44. The van der Waals surface area contributed by atoms with Crippen LogP contribution < -0.4 is 10.1 Å². The number of ether oxygens (including phenoxy) is 1. The third-order valence-corrected chi connectivity index (χ3v) is 5.67. The van der Waals surface area contributed by atoms with Crippen molar-refractivity contribution in [2.45, 2.75) is 51.2 Å². The van der Waals surface area contributed by atoms with Crippen LogP contribution in [0, 0.1) is 0 Å². The fourth-order valence-corrected chi connectivity index (χ4v) is 4.42. The molecule has 4 nitrogen and oxygen atoms in total. The molecule has 1 amide bonds. The van der Waals surface area contributed by atoms with E-state index in [0.717, 1.165) is 30.9 Å². The number of rotatable bonds is 4. The fourth-order valence-electron chi connectivity index (χ4n) is 4.42. The van der Waals surface area contributed by atoms with Crippen LogP contribution in [0.25, 0.3) is 0 Å². The van der Waals surface area contributed by atoms with Gasteiger partial charge in [0.05, 0.1) is 6.04 Å². The van der Waals surface area contributed by atoms with Gasteiger partial charge in [-0.1, -0.05) is 43.2 Å². The van der Waals surface area contributed by atoms with Gasteiger partial charge >= 0.3 is 0 Å². The van der Waals surface area contributed by atoms with E-state index in [0.29, 0.717) is 6.04 Å². The first-order chi connectivity index (χ1) is 13.2. The average molecular weight is 364 g/mol. The molecule has 0 radical (unpaired) electrons. The maximum Gasteiger partial charge on any atom is 0.221 e. The van der Waals surface area contributed by atoms with Gasteiger partial charge in [-0.2, -0.15) is 0 Å². The molecule has 2 aromatic rings. The summed E-state index contributed by atoms with van der Waals surface area (Å²) in [4.78, 5) is 14.0. The van der Waals surface area contributed by atoms with Crippen LogP contribution in [0.2, 0.25) is 0 Å². The molecule has 0 bridgehead atoms. The number of nitrogens with zero attached hydrogens (tertiary/aromatic N) is 1. The maximum absolute atomic E-state index is 11.4. The normalized spacial score (nSPS) is 22.7. The molecule has 27 heavy (non-hydrogen) atoms. The summed E-state index contributed by atoms with van der Waals surface area (Å²) in [5.41, 5.74) is 3.48. The summed E-state index contributed by atoms with van der Waals surface area (Å²) in [6.45, 7) is 3.84. The molecule has 4 heteroatoms. The molecule has 1 heterocycles. The summed E-state index contributed by atoms with van der Waals surface area (Å²) < 4.78 is 6.54. The molecule has 0 unspecified atom stereocenters. The second-order valence-electron chi connectivity index (χ2n) is 7.67. The first-order valence-corrected chi connectivity index (χ1v) is 10.1. The van der Waals surface area contributed by atoms with Crippen molar-refractivity contribution < 1.29 is 9.53 Å². The number of hydrogen-bond donors (Lipinski definition) is 1. The summed E-state index contributed by atoms with van der Waals surface area (Å²) in [7, 11) is 0. The molecular weight excluding hydrogens is 336 g/mol. The molecule has 1 aliphatic heterocycles. The lowest BCUT2D eigenvalue weighted by molar-refractivity contribution is -0.114. The Morgan fingerprint density at radius 1 is 1.04 bits per heavy atom. The van der Waals surface area contributed by atoms with Gasteiger partial charge in [-0.15, -0.1) is 0 Å². The van der Waals surface area contributed by atoms with Gasteiger partial charge in [0.2, 0.25) is 5.91 Å². The predicted octanol–water partition coefficient (Wildman–Crippen LogP) is 4.57. The standard InChI is InChI=1S/C23H28N2O2/c1-17(26)24-19-10-8-11-20(16-19)27-23-21-12-5-4-9-18(21)15-22(23)25-13-6-2-3-7-14-25/h4-5,8-12,16,22-23H,2-3,6-7,13-15H2,1H3,(H,24,26)/t22-,23-/m0/s1. The van der Waals surface area contributed by atoms with Gasteiger partial charge in [-0.05, 0) is 55.6 Å². The number of anilines is 1. The van der Waals surface area contributed by atoms with E-state index in [1.165, 1.54) is 43.7 Å². The molecule has 0 aromatic heterocycles. The summed E-state index contributed by atoms with van der Waals surface area (Å²) >= 11 is 0. The molecule has 1 saturated heterocycles. The quantitative estimate of drug-likeness (QED) is 0.864. The molecule has 1 N–H and O–H groups in total. The van der Waals surface area contributed by atoms with Gasteiger partial charge in [-0.3, -0.25) is 9.69 Å². The highest BCUT2D eigenvalue weighted by Gasteiger charge is 2.37. The van der Waals surface area contributed by atoms with Crippen LogP contribution >= 0.6 is 0 Å². The molecule has 1 fully saturated rings. The van der Waals surface area contributed by atoms with Crippen LogP contribution in [0.15, 0.2) is 48.5 Å². The van der Waals surface area contributed by atoms with Gasteiger partial charge in [0.1, 0.15) is 11.9 Å². The smallest absolute Gasteiger partial charge is 0.221 e. The maximum atomic E-state index is 11.4. The van der Waals surface area contributed by atoms with E-state index in [2.05, 4.69) is 34.5 Å². The summed E-state index contributed by atoms with van der Waals surface area (Å²) in [5.74, 6) is 0.739. The lowest BCUT2D eigenvalue weighted by atomic mass is 10.1. The molecule has 1 aliphatic carbocycles. The summed E-state index contributed by atoms with van der Waals surface area (Å²) in [5, 5.41) is 2.84. The minimum Gasteiger partial charge on any atom is -0.484 e. The van der Waals surface area contributed by atoms with E-state index >= 15 is 0 Å². The van der Waals surface area contributed by atoms with Gasteiger partial charge in [-0.25, -0.2) is 0 Å². The van der Waals surface area contributed by atoms with Crippen LogP contribution in [0.1, 0.15) is 49.8 Å². The van der Waals surface area contributed by atoms with Crippen molar-refractivity contribution in [2.24, 2.45) is 0 Å². The Morgan fingerprint density at radius 2 is 1.81 bits per heavy atom. The number of benzene rings is 2. The number of nitrogens with one attached hydrogen (secondary N) is 1. The zero-order valence-electron chi connectivity index (χ0n) is 16.0. The lowest BCUT2D eigenvalue weighted by Crippen LogP contribution is -2.40. The Hall–Kier alpha value is -2.33. The van der Waals surface area contributed by atoms with Crippen molar-refractivity contribution in [1.29, 1.82) is 0 Å². The number of hydrogen-bond acceptors (Lipinski definition) is 3. The Labute approximate surface area is 161 Å². The van der Waals surface area contributed by atoms with Crippen molar-refractivity contribution in [3.63, 3.8) is 0 Å². The second-order valence-corrected chi connectivity index (χ2v) is 7.67. The molecule has 2 aliphatic rings. The molecule has 2 aromatic carbocycles. The monoisotopic (exact) mass is 364 g/mol. The van der Waals surface area contributed by atoms with E-state index in [4.69, 9.17) is 4.74 Å². The van der Waals surface area contributed by atoms with Crippen molar-refractivity contribution in [2.75, 3.05) is 18.4 Å². The average Bonchev–Trinajstić information content (AvgIpc) is 2.82. The SMILES string of the molecule is CC(=O)Nc1cccc(O[C@H]2c3ccccc3C[C@@H]2N2CCCCCC2)c1. The lowest BCUT2D eigenvalue weighted by Gasteiger charge is -2.32. The van der Waals surface area contributed by atoms with E-state index in [1.54, 1.807) is 0 Å². The third kappa shape index (κ3) is 4.16. The van der Waals surface area contributed by atoms with Gasteiger partial charge in [0.15, 0.2) is 0 Å². The molecule has 142 valence electrons. The highest BCUT2D eigenvalue weighted by atomic mass is 16.5. The Morgan fingerprint density at radius 3 is 2.59 bits per heavy atom. The second kappa shape index (κ2) is 8.13. The molecular formula is C23H28N2O2. The number of amides is 1. The number of carbonyl (C=O) groups excluding carboxylic acids is 1. The number of likely N-dealkylation sites (tertiary alicyclic amines) is 1. The van der Waals surface area contributed by atoms with E-state index in [1.807, 2.05) is 24.3 Å². The van der Waals surface area contributed by atoms with E-state index in [-0.39, 0.29) is 12.0 Å². The Balaban J connectivity index is 1.59. The van der Waals surface area contributed by atoms with Crippen LogP contribution in [0.4, 0.5) is 5.69 Å². The van der Waals surface area contributed by atoms with Crippen LogP contribution in [0.5, 0.6) is 5.75 Å². The molecule has 0 saturated carbocycles. The summed E-state index contributed by atoms with van der Waals surface area (Å²) in [6, 6.07) is 16.8. The fraction of sp³-hybridized carbons (Fsp3) is 0.435. The van der Waals surface area contributed by atoms with Crippen LogP contribution in [-0.4, -0.2) is 29.9 Å². The first-order valence-electron chi connectivity index (χ1n) is 10.1. The highest BCUT2D eigenvalue weighted by Crippen LogP contribution is 2.39. The minimum atomic E-state index is -0.0687. The van der Waals surface area contributed by atoms with Gasteiger partial charge < -0.3 is 10.1 Å². The van der Waals surface area contributed by atoms with Crippen LogP contribution in [0.3, 0.4) is 0 Å². The highest BCUT2D eigenvalue weighted by molar-refractivity contribution is 5.88. The van der Waals surface area contributed by atoms with Crippen molar-refractivity contribution in [3.05, 3.63) is 59.7 Å². The topological polar surface area (TPSA) is 41.6 Å². The molecule has 2 atom stereocenters. The molecule has 0 spiro atoms. The van der Waals surface area contributed by atoms with Crippen molar-refractivity contribution >= 4 is 11.6 Å².